The maximum atomic E-state index is 6.25. The van der Waals surface area contributed by atoms with Crippen molar-refractivity contribution in [3.05, 3.63) is 70.9 Å². The van der Waals surface area contributed by atoms with Gasteiger partial charge in [-0.3, -0.25) is 4.90 Å². The molecule has 2 aromatic carbocycles. The summed E-state index contributed by atoms with van der Waals surface area (Å²) in [5.41, 5.74) is 3.82. The molecule has 1 aliphatic rings. The van der Waals surface area contributed by atoms with Crippen LogP contribution in [-0.4, -0.2) is 23.0 Å². The average Bonchev–Trinajstić information content (AvgIpc) is 3.19. The van der Waals surface area contributed by atoms with E-state index in [1.165, 1.54) is 34.9 Å². The van der Waals surface area contributed by atoms with Crippen LogP contribution < -0.4 is 0 Å². The smallest absolute Gasteiger partial charge is 0.0623 e. The average molecular weight is 311 g/mol. The third-order valence-corrected chi connectivity index (χ3v) is 4.82. The molecule has 3 aromatic rings. The van der Waals surface area contributed by atoms with Crippen molar-refractivity contribution >= 4 is 22.5 Å². The number of nitrogens with zero attached hydrogens (tertiary/aromatic N) is 1. The second-order valence-electron chi connectivity index (χ2n) is 5.99. The third kappa shape index (κ3) is 2.43. The van der Waals surface area contributed by atoms with Crippen LogP contribution in [0.5, 0.6) is 0 Å². The SMILES string of the molecule is Clc1cccc(C(c2c[nH]c3ccccc23)N2CCCC2)c1. The minimum absolute atomic E-state index is 0.275. The fraction of sp³-hybridized carbons (Fsp3) is 0.263. The first-order valence-electron chi connectivity index (χ1n) is 7.88. The number of halogens is 1. The molecule has 1 aromatic heterocycles. The van der Waals surface area contributed by atoms with Crippen LogP contribution in [0.25, 0.3) is 10.9 Å². The van der Waals surface area contributed by atoms with Gasteiger partial charge in [0.25, 0.3) is 0 Å². The van der Waals surface area contributed by atoms with Crippen molar-refractivity contribution in [3.63, 3.8) is 0 Å². The lowest BCUT2D eigenvalue weighted by Gasteiger charge is -2.28. The Hall–Kier alpha value is -1.77. The standard InChI is InChI=1S/C19H19ClN2/c20-15-7-5-6-14(12-15)19(22-10-3-4-11-22)17-13-21-18-9-2-1-8-16(17)18/h1-2,5-9,12-13,19,21H,3-4,10-11H2. The predicted octanol–water partition coefficient (Wildman–Crippen LogP) is 5.01. The van der Waals surface area contributed by atoms with E-state index in [1.807, 2.05) is 6.07 Å². The Kier molecular flexibility index (Phi) is 3.65. The Morgan fingerprint density at radius 3 is 2.64 bits per heavy atom. The van der Waals surface area contributed by atoms with Gasteiger partial charge in [0.1, 0.15) is 0 Å². The molecule has 3 heteroatoms. The summed E-state index contributed by atoms with van der Waals surface area (Å²) in [4.78, 5) is 5.99. The Morgan fingerprint density at radius 1 is 1.00 bits per heavy atom. The number of benzene rings is 2. The van der Waals surface area contributed by atoms with Crippen LogP contribution in [0.3, 0.4) is 0 Å². The number of likely N-dealkylation sites (tertiary alicyclic amines) is 1. The van der Waals surface area contributed by atoms with Crippen molar-refractivity contribution in [2.75, 3.05) is 13.1 Å². The number of H-pyrrole nitrogens is 1. The number of aromatic amines is 1. The van der Waals surface area contributed by atoms with Crippen LogP contribution in [0, 0.1) is 0 Å². The van der Waals surface area contributed by atoms with Crippen LogP contribution in [0.15, 0.2) is 54.7 Å². The van der Waals surface area contributed by atoms with Crippen LogP contribution in [0.2, 0.25) is 5.02 Å². The maximum absolute atomic E-state index is 6.25. The summed E-state index contributed by atoms with van der Waals surface area (Å²) >= 11 is 6.25. The van der Waals surface area contributed by atoms with Gasteiger partial charge in [-0.1, -0.05) is 41.9 Å². The topological polar surface area (TPSA) is 19.0 Å². The van der Waals surface area contributed by atoms with Crippen LogP contribution >= 0.6 is 11.6 Å². The van der Waals surface area contributed by atoms with Crippen molar-refractivity contribution < 1.29 is 0 Å². The summed E-state index contributed by atoms with van der Waals surface area (Å²) in [7, 11) is 0. The number of rotatable bonds is 3. The molecule has 1 unspecified atom stereocenters. The third-order valence-electron chi connectivity index (χ3n) is 4.59. The molecule has 2 nitrogen and oxygen atoms in total. The Labute approximate surface area is 135 Å². The molecule has 1 saturated heterocycles. The normalized spacial score (nSPS) is 17.1. The molecule has 0 saturated carbocycles. The second kappa shape index (κ2) is 5.79. The second-order valence-corrected chi connectivity index (χ2v) is 6.43. The van der Waals surface area contributed by atoms with Gasteiger partial charge in [0.05, 0.1) is 6.04 Å². The molecule has 0 amide bonds. The maximum Gasteiger partial charge on any atom is 0.0623 e. The zero-order valence-electron chi connectivity index (χ0n) is 12.4. The van der Waals surface area contributed by atoms with Crippen molar-refractivity contribution in [1.82, 2.24) is 9.88 Å². The molecule has 0 bridgehead atoms. The number of aromatic nitrogens is 1. The highest BCUT2D eigenvalue weighted by Gasteiger charge is 2.27. The number of hydrogen-bond acceptors (Lipinski definition) is 1. The highest BCUT2D eigenvalue weighted by Crippen LogP contribution is 2.36. The zero-order chi connectivity index (χ0) is 14.9. The Balaban J connectivity index is 1.86. The molecule has 1 atom stereocenters. The Morgan fingerprint density at radius 2 is 1.82 bits per heavy atom. The van der Waals surface area contributed by atoms with E-state index in [9.17, 15) is 0 Å². The molecular formula is C19H19ClN2. The lowest BCUT2D eigenvalue weighted by atomic mass is 9.97. The molecule has 22 heavy (non-hydrogen) atoms. The van der Waals surface area contributed by atoms with E-state index >= 15 is 0 Å². The number of fused-ring (bicyclic) bond motifs is 1. The van der Waals surface area contributed by atoms with Gasteiger partial charge in [-0.15, -0.1) is 0 Å². The first-order valence-corrected chi connectivity index (χ1v) is 8.26. The molecule has 1 aliphatic heterocycles. The Bertz CT molecular complexity index is 787. The molecule has 0 aliphatic carbocycles. The van der Waals surface area contributed by atoms with Gasteiger partial charge >= 0.3 is 0 Å². The predicted molar refractivity (Wildman–Crippen MR) is 92.4 cm³/mol. The molecular weight excluding hydrogens is 292 g/mol. The molecule has 112 valence electrons. The summed E-state index contributed by atoms with van der Waals surface area (Å²) in [6.07, 6.45) is 4.72. The van der Waals surface area contributed by atoms with Crippen molar-refractivity contribution in [3.8, 4) is 0 Å². The van der Waals surface area contributed by atoms with E-state index in [4.69, 9.17) is 11.6 Å². The van der Waals surface area contributed by atoms with Crippen LogP contribution in [-0.2, 0) is 0 Å². The summed E-state index contributed by atoms with van der Waals surface area (Å²) in [6.45, 7) is 2.30. The van der Waals surface area contributed by atoms with E-state index in [2.05, 4.69) is 58.5 Å². The van der Waals surface area contributed by atoms with Gasteiger partial charge < -0.3 is 4.98 Å². The van der Waals surface area contributed by atoms with Gasteiger partial charge in [-0.25, -0.2) is 0 Å². The van der Waals surface area contributed by atoms with Crippen molar-refractivity contribution in [2.45, 2.75) is 18.9 Å². The lowest BCUT2D eigenvalue weighted by molar-refractivity contribution is 0.282. The van der Waals surface area contributed by atoms with Gasteiger partial charge in [0.2, 0.25) is 0 Å². The minimum Gasteiger partial charge on any atom is -0.361 e. The van der Waals surface area contributed by atoms with E-state index in [0.29, 0.717) is 0 Å². The van der Waals surface area contributed by atoms with E-state index in [-0.39, 0.29) is 6.04 Å². The van der Waals surface area contributed by atoms with E-state index < -0.39 is 0 Å². The quantitative estimate of drug-likeness (QED) is 0.720. The fourth-order valence-corrected chi connectivity index (χ4v) is 3.78. The molecule has 0 radical (unpaired) electrons. The first kappa shape index (κ1) is 13.9. The largest absolute Gasteiger partial charge is 0.361 e. The van der Waals surface area contributed by atoms with Gasteiger partial charge in [-0.05, 0) is 55.3 Å². The molecule has 4 rings (SSSR count). The first-order chi connectivity index (χ1) is 10.8. The number of nitrogens with one attached hydrogen (secondary N) is 1. The summed E-state index contributed by atoms with van der Waals surface area (Å²) in [6, 6.07) is 17.1. The molecule has 1 N–H and O–H groups in total. The van der Waals surface area contributed by atoms with E-state index in [0.717, 1.165) is 18.1 Å². The summed E-state index contributed by atoms with van der Waals surface area (Å²) in [5.74, 6) is 0. The lowest BCUT2D eigenvalue weighted by Crippen LogP contribution is -2.26. The van der Waals surface area contributed by atoms with Gasteiger partial charge in [0.15, 0.2) is 0 Å². The number of para-hydroxylation sites is 1. The summed E-state index contributed by atoms with van der Waals surface area (Å²) < 4.78 is 0. The van der Waals surface area contributed by atoms with E-state index in [1.54, 1.807) is 0 Å². The zero-order valence-corrected chi connectivity index (χ0v) is 13.2. The highest BCUT2D eigenvalue weighted by atomic mass is 35.5. The fourth-order valence-electron chi connectivity index (χ4n) is 3.58. The van der Waals surface area contributed by atoms with Crippen LogP contribution in [0.4, 0.5) is 0 Å². The molecule has 1 fully saturated rings. The molecule has 0 spiro atoms. The minimum atomic E-state index is 0.275. The van der Waals surface area contributed by atoms with Gasteiger partial charge in [-0.2, -0.15) is 0 Å². The van der Waals surface area contributed by atoms with Crippen molar-refractivity contribution in [1.29, 1.82) is 0 Å². The highest BCUT2D eigenvalue weighted by molar-refractivity contribution is 6.30. The molecule has 2 heterocycles. The van der Waals surface area contributed by atoms with Gasteiger partial charge in [0, 0.05) is 22.1 Å². The van der Waals surface area contributed by atoms with Crippen molar-refractivity contribution in [2.24, 2.45) is 0 Å². The monoisotopic (exact) mass is 310 g/mol. The number of hydrogen-bond donors (Lipinski definition) is 1. The summed E-state index contributed by atoms with van der Waals surface area (Å²) in [5, 5.41) is 2.11. The van der Waals surface area contributed by atoms with Crippen LogP contribution in [0.1, 0.15) is 30.0 Å².